The van der Waals surface area contributed by atoms with Gasteiger partial charge >= 0.3 is 5.97 Å². The monoisotopic (exact) mass is 253 g/mol. The van der Waals surface area contributed by atoms with Gasteiger partial charge in [-0.3, -0.25) is 9.69 Å². The van der Waals surface area contributed by atoms with E-state index in [0.717, 1.165) is 6.54 Å². The molecule has 0 bridgehead atoms. The molecule has 1 heterocycles. The molecule has 1 aliphatic carbocycles. The maximum atomic E-state index is 10.8. The molecule has 0 spiro atoms. The van der Waals surface area contributed by atoms with Crippen LogP contribution in [0, 0.1) is 5.92 Å². The summed E-state index contributed by atoms with van der Waals surface area (Å²) >= 11 is 0. The number of nitrogens with zero attached hydrogens (tertiary/aromatic N) is 3. The molecule has 1 N–H and O–H groups in total. The summed E-state index contributed by atoms with van der Waals surface area (Å²) < 4.78 is 5.14. The zero-order valence-electron chi connectivity index (χ0n) is 10.8. The lowest BCUT2D eigenvalue weighted by Crippen LogP contribution is -2.31. The quantitative estimate of drug-likeness (QED) is 0.793. The Hall–Kier alpha value is -1.43. The molecule has 1 aromatic rings. The van der Waals surface area contributed by atoms with E-state index in [1.165, 1.54) is 12.8 Å². The summed E-state index contributed by atoms with van der Waals surface area (Å²) in [6, 6.07) is 0. The van der Waals surface area contributed by atoms with E-state index in [2.05, 4.69) is 10.1 Å². The van der Waals surface area contributed by atoms with Crippen molar-refractivity contribution in [1.29, 1.82) is 0 Å². The summed E-state index contributed by atoms with van der Waals surface area (Å²) in [5.74, 6) is 1.21. The Morgan fingerprint density at radius 3 is 2.78 bits per heavy atom. The molecule has 6 heteroatoms. The van der Waals surface area contributed by atoms with Crippen LogP contribution in [0.15, 0.2) is 4.52 Å². The molecule has 0 aromatic carbocycles. The molecule has 2 rings (SSSR count). The highest BCUT2D eigenvalue weighted by atomic mass is 16.5. The van der Waals surface area contributed by atoms with Crippen molar-refractivity contribution < 1.29 is 14.4 Å². The Bertz CT molecular complexity index is 412. The van der Waals surface area contributed by atoms with Crippen molar-refractivity contribution in [3.05, 3.63) is 11.7 Å². The zero-order valence-corrected chi connectivity index (χ0v) is 10.8. The standard InChI is InChI=1S/C12H19N3O3/c1-8(2)12-13-10(18-14-12)6-15(7-11(16)17)5-9-3-4-9/h8-9H,3-7H2,1-2H3,(H,16,17). The van der Waals surface area contributed by atoms with Gasteiger partial charge in [0.2, 0.25) is 5.89 Å². The first-order valence-corrected chi connectivity index (χ1v) is 6.31. The smallest absolute Gasteiger partial charge is 0.317 e. The number of carbonyl (C=O) groups is 1. The van der Waals surface area contributed by atoms with Crippen LogP contribution >= 0.6 is 0 Å². The third-order valence-corrected chi connectivity index (χ3v) is 2.93. The predicted octanol–water partition coefficient (Wildman–Crippen LogP) is 1.49. The summed E-state index contributed by atoms with van der Waals surface area (Å²) in [6.07, 6.45) is 2.38. The molecule has 6 nitrogen and oxygen atoms in total. The van der Waals surface area contributed by atoms with E-state index in [9.17, 15) is 4.79 Å². The molecule has 1 aliphatic rings. The highest BCUT2D eigenvalue weighted by molar-refractivity contribution is 5.69. The molecule has 0 aliphatic heterocycles. The average Bonchev–Trinajstić information content (AvgIpc) is 2.93. The van der Waals surface area contributed by atoms with Crippen molar-refractivity contribution in [3.8, 4) is 0 Å². The van der Waals surface area contributed by atoms with E-state index in [0.29, 0.717) is 24.2 Å². The van der Waals surface area contributed by atoms with Gasteiger partial charge in [-0.2, -0.15) is 4.98 Å². The largest absolute Gasteiger partial charge is 0.480 e. The minimum absolute atomic E-state index is 0.0237. The predicted molar refractivity (Wildman–Crippen MR) is 64.0 cm³/mol. The number of hydrogen-bond donors (Lipinski definition) is 1. The van der Waals surface area contributed by atoms with Gasteiger partial charge in [0, 0.05) is 12.5 Å². The second-order valence-electron chi connectivity index (χ2n) is 5.21. The van der Waals surface area contributed by atoms with Crippen LogP contribution in [0.2, 0.25) is 0 Å². The molecule has 1 aromatic heterocycles. The third kappa shape index (κ3) is 3.80. The zero-order chi connectivity index (χ0) is 13.1. The van der Waals surface area contributed by atoms with Crippen LogP contribution in [-0.4, -0.2) is 39.2 Å². The maximum Gasteiger partial charge on any atom is 0.317 e. The van der Waals surface area contributed by atoms with Crippen LogP contribution in [-0.2, 0) is 11.3 Å². The van der Waals surface area contributed by atoms with Gasteiger partial charge in [-0.1, -0.05) is 19.0 Å². The van der Waals surface area contributed by atoms with Crippen molar-refractivity contribution >= 4 is 5.97 Å². The summed E-state index contributed by atoms with van der Waals surface area (Å²) in [5.41, 5.74) is 0. The first-order valence-electron chi connectivity index (χ1n) is 6.31. The topological polar surface area (TPSA) is 79.5 Å². The first kappa shape index (κ1) is 13.0. The number of rotatable bonds is 7. The lowest BCUT2D eigenvalue weighted by molar-refractivity contribution is -0.138. The van der Waals surface area contributed by atoms with Crippen LogP contribution < -0.4 is 0 Å². The summed E-state index contributed by atoms with van der Waals surface area (Å²) in [5, 5.41) is 12.8. The Morgan fingerprint density at radius 2 is 2.28 bits per heavy atom. The van der Waals surface area contributed by atoms with Crippen LogP contribution in [0.1, 0.15) is 44.3 Å². The molecule has 0 unspecified atom stereocenters. The molecule has 0 atom stereocenters. The minimum Gasteiger partial charge on any atom is -0.480 e. The summed E-state index contributed by atoms with van der Waals surface area (Å²) in [7, 11) is 0. The van der Waals surface area contributed by atoms with E-state index >= 15 is 0 Å². The molecular formula is C12H19N3O3. The van der Waals surface area contributed by atoms with E-state index in [1.54, 1.807) is 0 Å². The van der Waals surface area contributed by atoms with Crippen molar-refractivity contribution in [1.82, 2.24) is 15.0 Å². The van der Waals surface area contributed by atoms with Gasteiger partial charge in [0.15, 0.2) is 5.82 Å². The van der Waals surface area contributed by atoms with Crippen LogP contribution in [0.25, 0.3) is 0 Å². The fourth-order valence-corrected chi connectivity index (χ4v) is 1.80. The average molecular weight is 253 g/mol. The highest BCUT2D eigenvalue weighted by Gasteiger charge is 2.26. The normalized spacial score (nSPS) is 15.6. The fraction of sp³-hybridized carbons (Fsp3) is 0.750. The van der Waals surface area contributed by atoms with Crippen molar-refractivity contribution in [3.63, 3.8) is 0 Å². The number of carboxylic acid groups (broad SMARTS) is 1. The van der Waals surface area contributed by atoms with Gasteiger partial charge in [0.05, 0.1) is 13.1 Å². The Morgan fingerprint density at radius 1 is 1.56 bits per heavy atom. The molecule has 100 valence electrons. The molecule has 0 radical (unpaired) electrons. The van der Waals surface area contributed by atoms with Gasteiger partial charge < -0.3 is 9.63 Å². The first-order chi connectivity index (χ1) is 8.54. The van der Waals surface area contributed by atoms with Gasteiger partial charge in [0.25, 0.3) is 0 Å². The van der Waals surface area contributed by atoms with E-state index in [4.69, 9.17) is 9.63 Å². The van der Waals surface area contributed by atoms with Crippen molar-refractivity contribution in [2.24, 2.45) is 5.92 Å². The van der Waals surface area contributed by atoms with Crippen molar-refractivity contribution in [2.75, 3.05) is 13.1 Å². The Kier molecular flexibility index (Phi) is 3.96. The van der Waals surface area contributed by atoms with Crippen molar-refractivity contribution in [2.45, 2.75) is 39.2 Å². The highest BCUT2D eigenvalue weighted by Crippen LogP contribution is 2.30. The SMILES string of the molecule is CC(C)c1noc(CN(CC(=O)O)CC2CC2)n1. The van der Waals surface area contributed by atoms with Crippen LogP contribution in [0.5, 0.6) is 0 Å². The molecule has 18 heavy (non-hydrogen) atoms. The molecular weight excluding hydrogens is 234 g/mol. The number of aliphatic carboxylic acids is 1. The second-order valence-corrected chi connectivity index (χ2v) is 5.21. The maximum absolute atomic E-state index is 10.8. The minimum atomic E-state index is -0.820. The second kappa shape index (κ2) is 5.48. The molecule has 0 amide bonds. The molecule has 1 fully saturated rings. The molecule has 0 saturated heterocycles. The number of carboxylic acids is 1. The van der Waals surface area contributed by atoms with Gasteiger partial charge in [-0.15, -0.1) is 0 Å². The summed E-state index contributed by atoms with van der Waals surface area (Å²) in [6.45, 7) is 5.23. The lowest BCUT2D eigenvalue weighted by atomic mass is 10.2. The Labute approximate surface area is 106 Å². The van der Waals surface area contributed by atoms with E-state index in [1.807, 2.05) is 18.7 Å². The number of hydrogen-bond acceptors (Lipinski definition) is 5. The van der Waals surface area contributed by atoms with Gasteiger partial charge in [-0.25, -0.2) is 0 Å². The van der Waals surface area contributed by atoms with Gasteiger partial charge in [0.1, 0.15) is 0 Å². The Balaban J connectivity index is 1.94. The van der Waals surface area contributed by atoms with Gasteiger partial charge in [-0.05, 0) is 18.8 Å². The lowest BCUT2D eigenvalue weighted by Gasteiger charge is -2.17. The van der Waals surface area contributed by atoms with Crippen LogP contribution in [0.3, 0.4) is 0 Å². The molecule has 1 saturated carbocycles. The number of aromatic nitrogens is 2. The fourth-order valence-electron chi connectivity index (χ4n) is 1.80. The summed E-state index contributed by atoms with van der Waals surface area (Å²) in [4.78, 5) is 16.9. The van der Waals surface area contributed by atoms with E-state index in [-0.39, 0.29) is 12.5 Å². The van der Waals surface area contributed by atoms with E-state index < -0.39 is 5.97 Å². The third-order valence-electron chi connectivity index (χ3n) is 2.93. The van der Waals surface area contributed by atoms with Crippen LogP contribution in [0.4, 0.5) is 0 Å².